The highest BCUT2D eigenvalue weighted by Crippen LogP contribution is 2.37. The largest absolute Gasteiger partial charge is 0.497 e. The van der Waals surface area contributed by atoms with E-state index < -0.39 is 0 Å². The van der Waals surface area contributed by atoms with Gasteiger partial charge in [-0.1, -0.05) is 19.1 Å². The van der Waals surface area contributed by atoms with Crippen molar-refractivity contribution in [2.75, 3.05) is 19.0 Å². The fourth-order valence-corrected chi connectivity index (χ4v) is 4.91. The van der Waals surface area contributed by atoms with Crippen LogP contribution in [0.25, 0.3) is 0 Å². The van der Waals surface area contributed by atoms with Crippen LogP contribution in [0.2, 0.25) is 0 Å². The topological polar surface area (TPSA) is 74.2 Å². The van der Waals surface area contributed by atoms with E-state index in [1.807, 2.05) is 12.1 Å². The molecule has 1 aliphatic carbocycles. The van der Waals surface area contributed by atoms with Gasteiger partial charge in [0.05, 0.1) is 12.7 Å². The molecule has 0 aliphatic heterocycles. The second-order valence-electron chi connectivity index (χ2n) is 7.01. The number of aryl methyl sites for hydroxylation is 1. The van der Waals surface area contributed by atoms with E-state index in [1.165, 1.54) is 16.9 Å². The third kappa shape index (κ3) is 4.73. The van der Waals surface area contributed by atoms with Crippen LogP contribution < -0.4 is 15.4 Å². The SMILES string of the molecule is CCC(NCCC(=O)Nc1sc2c(c1C#N)CCCC2)c1ccc(OC)cc1. The number of thiophene rings is 1. The Morgan fingerprint density at radius 2 is 2.04 bits per heavy atom. The first-order valence-corrected chi connectivity index (χ1v) is 10.7. The molecular weight excluding hydrogens is 370 g/mol. The first kappa shape index (κ1) is 20.4. The van der Waals surface area contributed by atoms with Crippen molar-refractivity contribution in [3.63, 3.8) is 0 Å². The van der Waals surface area contributed by atoms with Gasteiger partial charge in [-0.2, -0.15) is 5.26 Å². The Hall–Kier alpha value is -2.36. The lowest BCUT2D eigenvalue weighted by Crippen LogP contribution is -2.25. The van der Waals surface area contributed by atoms with Gasteiger partial charge in [-0.05, 0) is 55.4 Å². The number of carbonyl (C=O) groups is 1. The van der Waals surface area contributed by atoms with Gasteiger partial charge >= 0.3 is 0 Å². The highest BCUT2D eigenvalue weighted by Gasteiger charge is 2.21. The molecule has 0 bridgehead atoms. The highest BCUT2D eigenvalue weighted by molar-refractivity contribution is 7.16. The second-order valence-corrected chi connectivity index (χ2v) is 8.12. The first-order valence-electron chi connectivity index (χ1n) is 9.88. The van der Waals surface area contributed by atoms with Gasteiger partial charge in [0.1, 0.15) is 16.8 Å². The van der Waals surface area contributed by atoms with Crippen molar-refractivity contribution in [3.05, 3.63) is 45.8 Å². The molecule has 3 rings (SSSR count). The van der Waals surface area contributed by atoms with E-state index in [0.717, 1.165) is 42.0 Å². The smallest absolute Gasteiger partial charge is 0.226 e. The van der Waals surface area contributed by atoms with Crippen LogP contribution in [0, 0.1) is 11.3 Å². The first-order chi connectivity index (χ1) is 13.7. The molecular formula is C22H27N3O2S. The zero-order valence-corrected chi connectivity index (χ0v) is 17.3. The Labute approximate surface area is 170 Å². The molecule has 0 fully saturated rings. The molecule has 1 aromatic heterocycles. The Balaban J connectivity index is 1.54. The minimum Gasteiger partial charge on any atom is -0.497 e. The minimum absolute atomic E-state index is 0.0489. The standard InChI is InChI=1S/C22H27N3O2S/c1-3-19(15-8-10-16(27-2)11-9-15)24-13-12-21(26)25-22-18(14-23)17-6-4-5-7-20(17)28-22/h8-11,19,24H,3-7,12-13H2,1-2H3,(H,25,26). The summed E-state index contributed by atoms with van der Waals surface area (Å²) in [5.41, 5.74) is 3.00. The quantitative estimate of drug-likeness (QED) is 0.684. The van der Waals surface area contributed by atoms with E-state index in [9.17, 15) is 10.1 Å². The van der Waals surface area contributed by atoms with Crippen LogP contribution in [0.1, 0.15) is 60.2 Å². The van der Waals surface area contributed by atoms with Gasteiger partial charge in [-0.15, -0.1) is 11.3 Å². The fourth-order valence-electron chi connectivity index (χ4n) is 3.66. The summed E-state index contributed by atoms with van der Waals surface area (Å²) in [5.74, 6) is 0.789. The number of nitrogens with one attached hydrogen (secondary N) is 2. The summed E-state index contributed by atoms with van der Waals surface area (Å²) in [5, 5.41) is 16.6. The molecule has 1 aromatic carbocycles. The van der Waals surface area contributed by atoms with Crippen molar-refractivity contribution < 1.29 is 9.53 Å². The summed E-state index contributed by atoms with van der Waals surface area (Å²) in [6, 6.07) is 10.5. The molecule has 0 radical (unpaired) electrons. The van der Waals surface area contributed by atoms with Crippen molar-refractivity contribution in [1.82, 2.24) is 5.32 Å². The van der Waals surface area contributed by atoms with Crippen LogP contribution in [-0.2, 0) is 17.6 Å². The van der Waals surface area contributed by atoms with Gasteiger partial charge < -0.3 is 15.4 Å². The van der Waals surface area contributed by atoms with Gasteiger partial charge in [-0.3, -0.25) is 4.79 Å². The number of amides is 1. The summed E-state index contributed by atoms with van der Waals surface area (Å²) in [6.45, 7) is 2.71. The number of benzene rings is 1. The number of fused-ring (bicyclic) bond motifs is 1. The highest BCUT2D eigenvalue weighted by atomic mass is 32.1. The summed E-state index contributed by atoms with van der Waals surface area (Å²) in [7, 11) is 1.66. The molecule has 6 heteroatoms. The number of nitrogens with zero attached hydrogens (tertiary/aromatic N) is 1. The predicted octanol–water partition coefficient (Wildman–Crippen LogP) is 4.58. The molecule has 1 unspecified atom stereocenters. The van der Waals surface area contributed by atoms with E-state index in [1.54, 1.807) is 18.4 Å². The van der Waals surface area contributed by atoms with Gasteiger partial charge in [0, 0.05) is 23.9 Å². The van der Waals surface area contributed by atoms with Crippen molar-refractivity contribution in [2.24, 2.45) is 0 Å². The predicted molar refractivity (Wildman–Crippen MR) is 113 cm³/mol. The Morgan fingerprint density at radius 3 is 2.71 bits per heavy atom. The second kappa shape index (κ2) is 9.72. The van der Waals surface area contributed by atoms with Crippen LogP contribution in [0.4, 0.5) is 5.00 Å². The molecule has 0 spiro atoms. The number of nitriles is 1. The zero-order valence-electron chi connectivity index (χ0n) is 16.5. The molecule has 148 valence electrons. The summed E-state index contributed by atoms with van der Waals surface area (Å²) >= 11 is 1.57. The molecule has 0 saturated carbocycles. The average molecular weight is 398 g/mol. The number of hydrogen-bond donors (Lipinski definition) is 2. The molecule has 1 heterocycles. The van der Waals surface area contributed by atoms with Crippen LogP contribution in [0.5, 0.6) is 5.75 Å². The van der Waals surface area contributed by atoms with Gasteiger partial charge in [0.25, 0.3) is 0 Å². The van der Waals surface area contributed by atoms with Crippen LogP contribution in [0.3, 0.4) is 0 Å². The number of ether oxygens (including phenoxy) is 1. The molecule has 1 aliphatic rings. The lowest BCUT2D eigenvalue weighted by molar-refractivity contribution is -0.116. The van der Waals surface area contributed by atoms with Crippen LogP contribution in [0.15, 0.2) is 24.3 Å². The number of methoxy groups -OCH3 is 1. The maximum Gasteiger partial charge on any atom is 0.226 e. The number of carbonyl (C=O) groups excluding carboxylic acids is 1. The van der Waals surface area contributed by atoms with Crippen molar-refractivity contribution in [3.8, 4) is 11.8 Å². The van der Waals surface area contributed by atoms with E-state index in [-0.39, 0.29) is 11.9 Å². The Morgan fingerprint density at radius 1 is 1.29 bits per heavy atom. The van der Waals surface area contributed by atoms with E-state index in [2.05, 4.69) is 35.8 Å². The van der Waals surface area contributed by atoms with Gasteiger partial charge in [0.2, 0.25) is 5.91 Å². The molecule has 2 N–H and O–H groups in total. The van der Waals surface area contributed by atoms with Crippen LogP contribution in [-0.4, -0.2) is 19.6 Å². The Bertz CT molecular complexity index is 852. The summed E-state index contributed by atoms with van der Waals surface area (Å²) < 4.78 is 5.21. The lowest BCUT2D eigenvalue weighted by atomic mass is 9.96. The van der Waals surface area contributed by atoms with E-state index in [0.29, 0.717) is 18.5 Å². The fraction of sp³-hybridized carbons (Fsp3) is 0.455. The van der Waals surface area contributed by atoms with Gasteiger partial charge in [0.15, 0.2) is 0 Å². The molecule has 5 nitrogen and oxygen atoms in total. The van der Waals surface area contributed by atoms with Crippen molar-refractivity contribution >= 4 is 22.2 Å². The monoisotopic (exact) mass is 397 g/mol. The summed E-state index contributed by atoms with van der Waals surface area (Å²) in [6.07, 6.45) is 5.57. The maximum absolute atomic E-state index is 12.4. The number of rotatable bonds is 8. The molecule has 1 amide bonds. The Kier molecular flexibility index (Phi) is 7.07. The number of hydrogen-bond acceptors (Lipinski definition) is 5. The van der Waals surface area contributed by atoms with Crippen LogP contribution >= 0.6 is 11.3 Å². The van der Waals surface area contributed by atoms with Crippen molar-refractivity contribution in [1.29, 1.82) is 5.26 Å². The third-order valence-electron chi connectivity index (χ3n) is 5.21. The minimum atomic E-state index is -0.0489. The van der Waals surface area contributed by atoms with Crippen molar-refractivity contribution in [2.45, 2.75) is 51.5 Å². The maximum atomic E-state index is 12.4. The molecule has 28 heavy (non-hydrogen) atoms. The zero-order chi connectivity index (χ0) is 19.9. The molecule has 2 aromatic rings. The van der Waals surface area contributed by atoms with Gasteiger partial charge in [-0.25, -0.2) is 0 Å². The normalized spacial score (nSPS) is 14.0. The van der Waals surface area contributed by atoms with E-state index in [4.69, 9.17) is 4.74 Å². The molecule has 0 saturated heterocycles. The number of anilines is 1. The molecule has 1 atom stereocenters. The lowest BCUT2D eigenvalue weighted by Gasteiger charge is -2.17. The average Bonchev–Trinajstić information content (AvgIpc) is 3.08. The van der Waals surface area contributed by atoms with E-state index >= 15 is 0 Å². The third-order valence-corrected chi connectivity index (χ3v) is 6.41. The summed E-state index contributed by atoms with van der Waals surface area (Å²) in [4.78, 5) is 13.7.